The van der Waals surface area contributed by atoms with Crippen LogP contribution < -0.4 is 9.75 Å². The summed E-state index contributed by atoms with van der Waals surface area (Å²) < 4.78 is 33.3. The molecule has 0 aliphatic heterocycles. The fraction of sp³-hybridized carbons (Fsp3) is 0.476. The van der Waals surface area contributed by atoms with Crippen molar-refractivity contribution in [3.8, 4) is 11.3 Å². The lowest BCUT2D eigenvalue weighted by atomic mass is 9.87. The molecule has 0 fully saturated rings. The number of rotatable bonds is 3. The lowest BCUT2D eigenvalue weighted by molar-refractivity contribution is -0.662. The third kappa shape index (κ3) is 4.32. The van der Waals surface area contributed by atoms with Gasteiger partial charge in [0.25, 0.3) is 0 Å². The van der Waals surface area contributed by atoms with Crippen LogP contribution in [0.2, 0.25) is 19.6 Å². The standard InChI is InChI=1S/C21H31FNSi/c1-15-11-17(24(6,7)8)9-10-18(15)20-12-16(13-21(2,3)4)19(22)14-23(20)5/h9-12,14H,13H2,1-8H3/q+1/i13D2. The molecule has 1 aromatic carbocycles. The van der Waals surface area contributed by atoms with Crippen LogP contribution in [0.15, 0.2) is 30.5 Å². The fourth-order valence-corrected chi connectivity index (χ4v) is 4.03. The zero-order chi connectivity index (χ0) is 20.1. The zero-order valence-electron chi connectivity index (χ0n) is 18.2. The molecule has 3 heteroatoms. The Morgan fingerprint density at radius 2 is 1.79 bits per heavy atom. The molecule has 0 atom stereocenters. The Morgan fingerprint density at radius 1 is 1.17 bits per heavy atom. The Labute approximate surface area is 150 Å². The van der Waals surface area contributed by atoms with Gasteiger partial charge in [0.05, 0.1) is 8.07 Å². The van der Waals surface area contributed by atoms with Crippen LogP contribution in [0.5, 0.6) is 0 Å². The molecular formula is C21H31FNSi+. The van der Waals surface area contributed by atoms with Crippen molar-refractivity contribution in [2.75, 3.05) is 0 Å². The molecule has 1 heterocycles. The van der Waals surface area contributed by atoms with E-state index in [1.54, 1.807) is 38.5 Å². The van der Waals surface area contributed by atoms with Gasteiger partial charge in [-0.15, -0.1) is 0 Å². The molecule has 0 unspecified atom stereocenters. The minimum atomic E-state index is -1.77. The zero-order valence-corrected chi connectivity index (χ0v) is 17.2. The van der Waals surface area contributed by atoms with Crippen molar-refractivity contribution in [1.82, 2.24) is 0 Å². The fourth-order valence-electron chi connectivity index (χ4n) is 2.80. The summed E-state index contributed by atoms with van der Waals surface area (Å²) in [6.45, 7) is 14.4. The molecule has 0 amide bonds. The van der Waals surface area contributed by atoms with Crippen LogP contribution in [-0.4, -0.2) is 8.07 Å². The second kappa shape index (κ2) is 6.44. The van der Waals surface area contributed by atoms with Crippen LogP contribution in [0.4, 0.5) is 4.39 Å². The molecule has 0 saturated carbocycles. The van der Waals surface area contributed by atoms with Crippen LogP contribution in [0.3, 0.4) is 0 Å². The van der Waals surface area contributed by atoms with Crippen molar-refractivity contribution >= 4 is 13.3 Å². The van der Waals surface area contributed by atoms with Gasteiger partial charge in [0, 0.05) is 19.9 Å². The number of aryl methyl sites for hydroxylation is 2. The maximum atomic E-state index is 14.6. The molecule has 0 spiro atoms. The number of halogens is 1. The van der Waals surface area contributed by atoms with Gasteiger partial charge in [0.15, 0.2) is 5.82 Å². The monoisotopic (exact) mass is 346 g/mol. The van der Waals surface area contributed by atoms with Gasteiger partial charge in [0.1, 0.15) is 7.05 Å². The maximum Gasteiger partial charge on any atom is 0.212 e. The highest BCUT2D eigenvalue weighted by atomic mass is 28.3. The second-order valence-corrected chi connectivity index (χ2v) is 13.8. The highest BCUT2D eigenvalue weighted by molar-refractivity contribution is 6.88. The lowest BCUT2D eigenvalue weighted by Crippen LogP contribution is -2.38. The molecule has 0 aliphatic carbocycles. The molecule has 0 aliphatic rings. The van der Waals surface area contributed by atoms with E-state index in [0.29, 0.717) is 0 Å². The summed E-state index contributed by atoms with van der Waals surface area (Å²) in [4.78, 5) is 0. The van der Waals surface area contributed by atoms with Gasteiger partial charge in [-0.05, 0) is 30.3 Å². The highest BCUT2D eigenvalue weighted by Crippen LogP contribution is 2.26. The first-order valence-electron chi connectivity index (χ1n) is 9.47. The van der Waals surface area contributed by atoms with Gasteiger partial charge in [-0.3, -0.25) is 0 Å². The number of hydrogen-bond acceptors (Lipinski definition) is 0. The average Bonchev–Trinajstić information content (AvgIpc) is 2.45. The van der Waals surface area contributed by atoms with Gasteiger partial charge in [-0.25, -0.2) is 4.39 Å². The number of nitrogens with zero attached hydrogens (tertiary/aromatic N) is 1. The van der Waals surface area contributed by atoms with Crippen molar-refractivity contribution in [1.29, 1.82) is 0 Å². The van der Waals surface area contributed by atoms with E-state index in [-0.39, 0.29) is 5.56 Å². The van der Waals surface area contributed by atoms with Crippen molar-refractivity contribution in [2.24, 2.45) is 12.5 Å². The molecule has 24 heavy (non-hydrogen) atoms. The SMILES string of the molecule is [2H]C([2H])(c1cc(-c2ccc([Si](C)(C)C)cc2C)[n+](C)cc1F)C(C)(C)C. The third-order valence-electron chi connectivity index (χ3n) is 4.10. The Balaban J connectivity index is 2.67. The van der Waals surface area contributed by atoms with Crippen molar-refractivity contribution in [2.45, 2.75) is 53.7 Å². The molecule has 1 nitrogen and oxygen atoms in total. The number of pyridine rings is 1. The summed E-state index contributed by atoms with van der Waals surface area (Å²) in [5, 5.41) is 1.38. The lowest BCUT2D eigenvalue weighted by Gasteiger charge is -2.19. The molecule has 2 aromatic rings. The number of benzene rings is 1. The van der Waals surface area contributed by atoms with E-state index >= 15 is 0 Å². The minimum absolute atomic E-state index is 0.117. The summed E-state index contributed by atoms with van der Waals surface area (Å²) in [5.74, 6) is -0.507. The quantitative estimate of drug-likeness (QED) is 0.557. The molecule has 0 N–H and O–H groups in total. The predicted molar refractivity (Wildman–Crippen MR) is 104 cm³/mol. The Hall–Kier alpha value is -1.48. The van der Waals surface area contributed by atoms with E-state index < -0.39 is 25.7 Å². The summed E-state index contributed by atoms with van der Waals surface area (Å²) in [6.07, 6.45) is -0.383. The van der Waals surface area contributed by atoms with E-state index in [9.17, 15) is 4.39 Å². The average molecular weight is 347 g/mol. The van der Waals surface area contributed by atoms with Crippen LogP contribution in [-0.2, 0) is 13.4 Å². The summed E-state index contributed by atoms with van der Waals surface area (Å²) in [5.41, 5.74) is 2.39. The van der Waals surface area contributed by atoms with Crippen molar-refractivity contribution in [3.63, 3.8) is 0 Å². The third-order valence-corrected chi connectivity index (χ3v) is 6.15. The van der Waals surface area contributed by atoms with Gasteiger partial charge in [0.2, 0.25) is 11.9 Å². The van der Waals surface area contributed by atoms with Gasteiger partial charge in [-0.1, -0.05) is 57.7 Å². The number of hydrogen-bond donors (Lipinski definition) is 0. The smallest absolute Gasteiger partial charge is 0.200 e. The van der Waals surface area contributed by atoms with Gasteiger partial charge < -0.3 is 0 Å². The second-order valence-electron chi connectivity index (χ2n) is 8.69. The normalized spacial score (nSPS) is 14.4. The van der Waals surface area contributed by atoms with Crippen LogP contribution in [0.1, 0.15) is 34.6 Å². The molecule has 0 radical (unpaired) electrons. The van der Waals surface area contributed by atoms with Gasteiger partial charge in [-0.2, -0.15) is 4.57 Å². The maximum absolute atomic E-state index is 14.6. The van der Waals surface area contributed by atoms with Crippen LogP contribution in [0, 0.1) is 18.2 Å². The topological polar surface area (TPSA) is 3.88 Å². The summed E-state index contributed by atoms with van der Waals surface area (Å²) in [7, 11) is 0.403. The van der Waals surface area contributed by atoms with E-state index in [2.05, 4.69) is 44.8 Å². The Kier molecular flexibility index (Phi) is 4.29. The largest absolute Gasteiger partial charge is 0.212 e. The van der Waals surface area contributed by atoms with E-state index in [1.165, 1.54) is 11.4 Å². The molecular weight excluding hydrogens is 313 g/mol. The van der Waals surface area contributed by atoms with Crippen molar-refractivity contribution in [3.05, 3.63) is 47.4 Å². The van der Waals surface area contributed by atoms with Crippen LogP contribution >= 0.6 is 0 Å². The van der Waals surface area contributed by atoms with Crippen LogP contribution in [0.25, 0.3) is 11.3 Å². The number of aromatic nitrogens is 1. The Bertz CT molecular complexity index is 833. The first-order chi connectivity index (χ1) is 11.7. The molecule has 130 valence electrons. The molecule has 0 bridgehead atoms. The van der Waals surface area contributed by atoms with E-state index in [0.717, 1.165) is 16.8 Å². The minimum Gasteiger partial charge on any atom is -0.200 e. The van der Waals surface area contributed by atoms with E-state index in [4.69, 9.17) is 2.74 Å². The molecule has 0 saturated heterocycles. The summed E-state index contributed by atoms with van der Waals surface area (Å²) in [6, 6.07) is 8.16. The molecule has 1 aromatic heterocycles. The van der Waals surface area contributed by atoms with E-state index in [1.807, 2.05) is 0 Å². The predicted octanol–water partition coefficient (Wildman–Crippen LogP) is 4.76. The first-order valence-corrected chi connectivity index (χ1v) is 12.0. The molecule has 2 rings (SSSR count). The highest BCUT2D eigenvalue weighted by Gasteiger charge is 2.23. The van der Waals surface area contributed by atoms with Gasteiger partial charge >= 0.3 is 0 Å². The Morgan fingerprint density at radius 3 is 2.29 bits per heavy atom. The summed E-state index contributed by atoms with van der Waals surface area (Å²) >= 11 is 0. The first kappa shape index (κ1) is 16.0. The van der Waals surface area contributed by atoms with Crippen molar-refractivity contribution < 1.29 is 11.7 Å².